The van der Waals surface area contributed by atoms with Crippen molar-refractivity contribution in [2.45, 2.75) is 63.3 Å². The van der Waals surface area contributed by atoms with Crippen LogP contribution in [0.4, 0.5) is 5.82 Å². The van der Waals surface area contributed by atoms with Gasteiger partial charge < -0.3 is 4.98 Å². The van der Waals surface area contributed by atoms with Crippen molar-refractivity contribution in [1.82, 2.24) is 15.0 Å². The second-order valence-corrected chi connectivity index (χ2v) is 9.21. The summed E-state index contributed by atoms with van der Waals surface area (Å²) in [6.07, 6.45) is 12.7. The van der Waals surface area contributed by atoms with E-state index < -0.39 is 0 Å². The molecule has 0 aromatic carbocycles. The molecule has 2 saturated carbocycles. The molecule has 2 aliphatic carbocycles. The number of carbonyl (C=O) groups is 1. The van der Waals surface area contributed by atoms with Crippen molar-refractivity contribution < 1.29 is 4.79 Å². The summed E-state index contributed by atoms with van der Waals surface area (Å²) in [7, 11) is 0. The highest BCUT2D eigenvalue weighted by molar-refractivity contribution is 6.23. The zero-order valence-corrected chi connectivity index (χ0v) is 16.7. The minimum atomic E-state index is -0.120. The van der Waals surface area contributed by atoms with Gasteiger partial charge in [0.15, 0.2) is 5.82 Å². The Bertz CT molecular complexity index is 955. The maximum atomic E-state index is 13.4. The van der Waals surface area contributed by atoms with E-state index in [1.54, 1.807) is 0 Å². The molecular formula is C23H27N5O. The molecule has 29 heavy (non-hydrogen) atoms. The monoisotopic (exact) mass is 389 g/mol. The van der Waals surface area contributed by atoms with E-state index in [1.165, 1.54) is 44.1 Å². The molecule has 6 rings (SSSR count). The lowest BCUT2D eigenvalue weighted by atomic mass is 9.91. The molecule has 0 radical (unpaired) electrons. The summed E-state index contributed by atoms with van der Waals surface area (Å²) in [6, 6.07) is 4.24. The predicted molar refractivity (Wildman–Crippen MR) is 111 cm³/mol. The first-order valence-electron chi connectivity index (χ1n) is 11.1. The second kappa shape index (κ2) is 6.78. The molecule has 1 amide bonds. The minimum Gasteiger partial charge on any atom is -0.339 e. The van der Waals surface area contributed by atoms with Crippen LogP contribution in [-0.2, 0) is 11.2 Å². The molecule has 2 aliphatic heterocycles. The second-order valence-electron chi connectivity index (χ2n) is 9.21. The Labute approximate surface area is 170 Å². The smallest absolute Gasteiger partial charge is 0.237 e. The van der Waals surface area contributed by atoms with Crippen LogP contribution in [0.25, 0.3) is 0 Å². The molecule has 0 spiro atoms. The van der Waals surface area contributed by atoms with Crippen LogP contribution in [-0.4, -0.2) is 39.2 Å². The number of aliphatic imine (C=N–C) groups is 1. The van der Waals surface area contributed by atoms with Gasteiger partial charge in [0.05, 0.1) is 17.7 Å². The fourth-order valence-corrected chi connectivity index (χ4v) is 5.28. The summed E-state index contributed by atoms with van der Waals surface area (Å²) in [5.41, 5.74) is 3.20. The Morgan fingerprint density at radius 2 is 1.90 bits per heavy atom. The largest absolute Gasteiger partial charge is 0.339 e. The van der Waals surface area contributed by atoms with E-state index in [0.717, 1.165) is 42.4 Å². The summed E-state index contributed by atoms with van der Waals surface area (Å²) >= 11 is 0. The van der Waals surface area contributed by atoms with Crippen molar-refractivity contribution >= 4 is 17.4 Å². The predicted octanol–water partition coefficient (Wildman–Crippen LogP) is 3.64. The van der Waals surface area contributed by atoms with Gasteiger partial charge in [-0.3, -0.25) is 19.7 Å². The fraction of sp³-hybridized carbons (Fsp3) is 0.565. The van der Waals surface area contributed by atoms with Crippen molar-refractivity contribution in [3.05, 3.63) is 41.6 Å². The number of fused-ring (bicyclic) bond motifs is 3. The number of amides is 1. The molecule has 2 aromatic heterocycles. The zero-order chi connectivity index (χ0) is 19.4. The van der Waals surface area contributed by atoms with Gasteiger partial charge in [-0.25, -0.2) is 4.98 Å². The first-order valence-corrected chi connectivity index (χ1v) is 11.1. The Morgan fingerprint density at radius 3 is 2.66 bits per heavy atom. The average molecular weight is 390 g/mol. The third-order valence-corrected chi connectivity index (χ3v) is 7.04. The molecular weight excluding hydrogens is 362 g/mol. The van der Waals surface area contributed by atoms with Crippen molar-refractivity contribution in [3.63, 3.8) is 0 Å². The normalized spacial score (nSPS) is 26.6. The van der Waals surface area contributed by atoms with Gasteiger partial charge in [-0.15, -0.1) is 0 Å². The number of pyridine rings is 1. The maximum Gasteiger partial charge on any atom is 0.237 e. The summed E-state index contributed by atoms with van der Waals surface area (Å²) in [6.45, 7) is 0.819. The lowest BCUT2D eigenvalue weighted by Gasteiger charge is -2.29. The summed E-state index contributed by atoms with van der Waals surface area (Å²) in [5.74, 6) is 3.16. The van der Waals surface area contributed by atoms with Crippen molar-refractivity contribution in [3.8, 4) is 0 Å². The van der Waals surface area contributed by atoms with Crippen LogP contribution in [0.5, 0.6) is 0 Å². The number of imidazole rings is 1. The van der Waals surface area contributed by atoms with Crippen LogP contribution < -0.4 is 4.90 Å². The number of H-pyrrole nitrogens is 1. The molecule has 2 atom stereocenters. The number of aromatic amines is 1. The topological polar surface area (TPSA) is 74.2 Å². The van der Waals surface area contributed by atoms with E-state index in [1.807, 2.05) is 29.4 Å². The molecule has 150 valence electrons. The van der Waals surface area contributed by atoms with Gasteiger partial charge in [0.1, 0.15) is 11.5 Å². The third-order valence-electron chi connectivity index (χ3n) is 7.04. The molecule has 2 unspecified atom stereocenters. The molecule has 0 bridgehead atoms. The molecule has 2 aromatic rings. The number of hydrogen-bond donors (Lipinski definition) is 1. The Kier molecular flexibility index (Phi) is 4.06. The van der Waals surface area contributed by atoms with Crippen LogP contribution in [0.1, 0.15) is 67.9 Å². The van der Waals surface area contributed by atoms with E-state index in [0.29, 0.717) is 11.8 Å². The standard InChI is InChI=1S/C23H27N5O/c29-23-18-12-17(11-14-7-9-24-10-8-14)25-19(18)20-22(28(23)13-15-5-6-15)27-21(26-20)16-3-1-2-4-16/h7-10,15-18H,1-6,11-13H2,(H,26,27). The number of nitrogens with zero attached hydrogens (tertiary/aromatic N) is 4. The van der Waals surface area contributed by atoms with E-state index in [4.69, 9.17) is 9.98 Å². The van der Waals surface area contributed by atoms with E-state index in [-0.39, 0.29) is 17.9 Å². The van der Waals surface area contributed by atoms with Crippen molar-refractivity contribution in [1.29, 1.82) is 0 Å². The van der Waals surface area contributed by atoms with Gasteiger partial charge in [0.25, 0.3) is 0 Å². The van der Waals surface area contributed by atoms with Gasteiger partial charge in [-0.1, -0.05) is 12.8 Å². The number of anilines is 1. The number of nitrogens with one attached hydrogen (secondary N) is 1. The summed E-state index contributed by atoms with van der Waals surface area (Å²) in [5, 5.41) is 0. The highest BCUT2D eigenvalue weighted by Gasteiger charge is 2.46. The van der Waals surface area contributed by atoms with Crippen LogP contribution in [0.3, 0.4) is 0 Å². The van der Waals surface area contributed by atoms with Crippen LogP contribution in [0.15, 0.2) is 29.5 Å². The Morgan fingerprint density at radius 1 is 1.10 bits per heavy atom. The molecule has 2 fully saturated rings. The fourth-order valence-electron chi connectivity index (χ4n) is 5.28. The minimum absolute atomic E-state index is 0.120. The third kappa shape index (κ3) is 3.09. The van der Waals surface area contributed by atoms with Crippen molar-refractivity contribution in [2.75, 3.05) is 11.4 Å². The first kappa shape index (κ1) is 17.4. The Hall–Kier alpha value is -2.50. The molecule has 6 nitrogen and oxygen atoms in total. The number of rotatable bonds is 5. The van der Waals surface area contributed by atoms with Crippen LogP contribution in [0, 0.1) is 11.8 Å². The summed E-state index contributed by atoms with van der Waals surface area (Å²) < 4.78 is 0. The Balaban J connectivity index is 1.35. The number of carbonyl (C=O) groups excluding carboxylic acids is 1. The van der Waals surface area contributed by atoms with Crippen LogP contribution in [0.2, 0.25) is 0 Å². The quantitative estimate of drug-likeness (QED) is 0.848. The zero-order valence-electron chi connectivity index (χ0n) is 16.7. The van der Waals surface area contributed by atoms with Crippen molar-refractivity contribution in [2.24, 2.45) is 16.8 Å². The average Bonchev–Trinajstić information content (AvgIpc) is 3.15. The SMILES string of the molecule is O=C1C2CC(Cc3ccncc3)N=C2c2[nH]c(C3CCCC3)nc2N1CC1CC1. The lowest BCUT2D eigenvalue weighted by molar-refractivity contribution is -0.120. The van der Waals surface area contributed by atoms with Gasteiger partial charge in [0, 0.05) is 24.9 Å². The number of aromatic nitrogens is 3. The van der Waals surface area contributed by atoms with Gasteiger partial charge in [-0.05, 0) is 62.1 Å². The molecule has 1 N–H and O–H groups in total. The molecule has 4 heterocycles. The van der Waals surface area contributed by atoms with E-state index >= 15 is 0 Å². The maximum absolute atomic E-state index is 13.4. The highest BCUT2D eigenvalue weighted by atomic mass is 16.2. The van der Waals surface area contributed by atoms with Gasteiger partial charge in [-0.2, -0.15) is 0 Å². The van der Waals surface area contributed by atoms with Gasteiger partial charge in [0.2, 0.25) is 5.91 Å². The van der Waals surface area contributed by atoms with E-state index in [2.05, 4.69) is 9.97 Å². The number of hydrogen-bond acceptors (Lipinski definition) is 4. The lowest BCUT2D eigenvalue weighted by Crippen LogP contribution is -2.45. The van der Waals surface area contributed by atoms with Gasteiger partial charge >= 0.3 is 0 Å². The highest BCUT2D eigenvalue weighted by Crippen LogP contribution is 2.42. The first-order chi connectivity index (χ1) is 14.3. The molecule has 4 aliphatic rings. The summed E-state index contributed by atoms with van der Waals surface area (Å²) in [4.78, 5) is 33.2. The van der Waals surface area contributed by atoms with E-state index in [9.17, 15) is 4.79 Å². The molecule has 0 saturated heterocycles. The molecule has 6 heteroatoms. The van der Waals surface area contributed by atoms with Crippen LogP contribution >= 0.6 is 0 Å².